The minimum atomic E-state index is -0.0765. The third kappa shape index (κ3) is 4.16. The number of carbonyl (C=O) groups excluding carboxylic acids is 1. The zero-order valence-electron chi connectivity index (χ0n) is 14.9. The third-order valence-electron chi connectivity index (χ3n) is 4.64. The molecule has 0 bridgehead atoms. The Kier molecular flexibility index (Phi) is 5.43. The highest BCUT2D eigenvalue weighted by Gasteiger charge is 2.28. The number of likely N-dealkylation sites (tertiary alicyclic amines) is 1. The number of furan rings is 1. The van der Waals surface area contributed by atoms with E-state index in [2.05, 4.69) is 20.3 Å². The van der Waals surface area contributed by atoms with E-state index >= 15 is 0 Å². The highest BCUT2D eigenvalue weighted by atomic mass is 32.1. The fourth-order valence-corrected chi connectivity index (χ4v) is 4.09. The molecule has 3 aromatic rings. The molecule has 1 fully saturated rings. The first-order chi connectivity index (χ1) is 13.3. The minimum Gasteiger partial charge on any atom is -0.467 e. The Bertz CT molecular complexity index is 865. The Labute approximate surface area is 161 Å². The van der Waals surface area contributed by atoms with E-state index in [-0.39, 0.29) is 12.1 Å². The second kappa shape index (κ2) is 8.30. The van der Waals surface area contributed by atoms with Gasteiger partial charge in [-0.3, -0.25) is 9.97 Å². The SMILES string of the molecule is O=C(NCc1csc(-c2cnccn2)n1)N1CCCCC[C@@H]1c1ccco1. The van der Waals surface area contributed by atoms with Crippen LogP contribution >= 0.6 is 11.3 Å². The van der Waals surface area contributed by atoms with Gasteiger partial charge in [-0.05, 0) is 25.0 Å². The number of carbonyl (C=O) groups is 1. The van der Waals surface area contributed by atoms with Gasteiger partial charge in [0.2, 0.25) is 0 Å². The van der Waals surface area contributed by atoms with Crippen LogP contribution in [-0.2, 0) is 6.54 Å². The fourth-order valence-electron chi connectivity index (χ4n) is 3.31. The number of hydrogen-bond acceptors (Lipinski definition) is 6. The molecule has 4 heterocycles. The topological polar surface area (TPSA) is 84.2 Å². The lowest BCUT2D eigenvalue weighted by molar-refractivity contribution is 0.166. The molecular formula is C19H21N5O2S. The van der Waals surface area contributed by atoms with Crippen molar-refractivity contribution in [3.05, 3.63) is 53.8 Å². The monoisotopic (exact) mass is 383 g/mol. The molecule has 1 atom stereocenters. The lowest BCUT2D eigenvalue weighted by Gasteiger charge is -2.28. The molecule has 8 heteroatoms. The molecule has 0 unspecified atom stereocenters. The number of nitrogens with zero attached hydrogens (tertiary/aromatic N) is 4. The average molecular weight is 383 g/mol. The number of amides is 2. The van der Waals surface area contributed by atoms with Crippen LogP contribution in [0.1, 0.15) is 43.2 Å². The van der Waals surface area contributed by atoms with Gasteiger partial charge in [-0.1, -0.05) is 12.8 Å². The maximum absolute atomic E-state index is 12.8. The van der Waals surface area contributed by atoms with E-state index in [0.29, 0.717) is 6.54 Å². The van der Waals surface area contributed by atoms with Gasteiger partial charge in [0.15, 0.2) is 0 Å². The summed E-state index contributed by atoms with van der Waals surface area (Å²) in [6.07, 6.45) is 10.8. The molecule has 0 radical (unpaired) electrons. The van der Waals surface area contributed by atoms with E-state index in [1.54, 1.807) is 24.9 Å². The van der Waals surface area contributed by atoms with Gasteiger partial charge in [0.1, 0.15) is 16.5 Å². The largest absolute Gasteiger partial charge is 0.467 e. The molecule has 1 aliphatic heterocycles. The van der Waals surface area contributed by atoms with E-state index in [9.17, 15) is 4.79 Å². The Morgan fingerprint density at radius 1 is 1.33 bits per heavy atom. The summed E-state index contributed by atoms with van der Waals surface area (Å²) in [5, 5.41) is 5.75. The van der Waals surface area contributed by atoms with Crippen LogP contribution in [0.2, 0.25) is 0 Å². The molecule has 3 aromatic heterocycles. The maximum Gasteiger partial charge on any atom is 0.318 e. The molecule has 7 nitrogen and oxygen atoms in total. The average Bonchev–Trinajstić information content (AvgIpc) is 3.35. The molecular weight excluding hydrogens is 362 g/mol. The van der Waals surface area contributed by atoms with Crippen LogP contribution in [0.15, 0.2) is 46.8 Å². The standard InChI is InChI=1S/C19H21N5O2S/c25-19(24-9-3-1-2-5-16(24)17-6-4-10-26-17)22-11-14-13-27-18(23-14)15-12-20-7-8-21-15/h4,6-8,10,12-13,16H,1-3,5,9,11H2,(H,22,25)/t16-/m1/s1. The number of hydrogen-bond donors (Lipinski definition) is 1. The summed E-state index contributed by atoms with van der Waals surface area (Å²) >= 11 is 1.50. The van der Waals surface area contributed by atoms with Crippen LogP contribution in [0.5, 0.6) is 0 Å². The summed E-state index contributed by atoms with van der Waals surface area (Å²) in [6, 6.07) is 3.74. The molecule has 1 saturated heterocycles. The van der Waals surface area contributed by atoms with Gasteiger partial charge in [-0.25, -0.2) is 9.78 Å². The Hall–Kier alpha value is -2.74. The molecule has 1 N–H and O–H groups in total. The molecule has 2 amide bonds. The first kappa shape index (κ1) is 17.7. The fraction of sp³-hybridized carbons (Fsp3) is 0.368. The van der Waals surface area contributed by atoms with E-state index in [1.165, 1.54) is 11.3 Å². The molecule has 4 rings (SSSR count). The summed E-state index contributed by atoms with van der Waals surface area (Å²) < 4.78 is 5.58. The molecule has 0 saturated carbocycles. The van der Waals surface area contributed by atoms with Gasteiger partial charge in [0.25, 0.3) is 0 Å². The predicted molar refractivity (Wildman–Crippen MR) is 102 cm³/mol. The van der Waals surface area contributed by atoms with Crippen LogP contribution in [0.3, 0.4) is 0 Å². The Balaban J connectivity index is 1.41. The van der Waals surface area contributed by atoms with Crippen molar-refractivity contribution in [1.82, 2.24) is 25.2 Å². The Morgan fingerprint density at radius 2 is 2.30 bits per heavy atom. The van der Waals surface area contributed by atoms with Gasteiger partial charge < -0.3 is 14.6 Å². The smallest absolute Gasteiger partial charge is 0.318 e. The summed E-state index contributed by atoms with van der Waals surface area (Å²) in [5.74, 6) is 0.852. The summed E-state index contributed by atoms with van der Waals surface area (Å²) in [4.78, 5) is 27.6. The molecule has 27 heavy (non-hydrogen) atoms. The molecule has 0 aromatic carbocycles. The van der Waals surface area contributed by atoms with E-state index < -0.39 is 0 Å². The quantitative estimate of drug-likeness (QED) is 0.735. The summed E-state index contributed by atoms with van der Waals surface area (Å²) in [7, 11) is 0. The third-order valence-corrected chi connectivity index (χ3v) is 5.55. The second-order valence-corrected chi connectivity index (χ2v) is 7.33. The van der Waals surface area contributed by atoms with Crippen molar-refractivity contribution in [1.29, 1.82) is 0 Å². The predicted octanol–water partition coefficient (Wildman–Crippen LogP) is 4.02. The number of aromatic nitrogens is 3. The van der Waals surface area contributed by atoms with E-state index in [1.807, 2.05) is 22.4 Å². The van der Waals surface area contributed by atoms with Crippen molar-refractivity contribution in [2.45, 2.75) is 38.3 Å². The first-order valence-electron chi connectivity index (χ1n) is 9.10. The van der Waals surface area contributed by atoms with Crippen molar-refractivity contribution < 1.29 is 9.21 Å². The van der Waals surface area contributed by atoms with Gasteiger partial charge in [0, 0.05) is 24.3 Å². The van der Waals surface area contributed by atoms with Gasteiger partial charge in [0.05, 0.1) is 30.7 Å². The van der Waals surface area contributed by atoms with Gasteiger partial charge >= 0.3 is 6.03 Å². The van der Waals surface area contributed by atoms with Crippen molar-refractivity contribution >= 4 is 17.4 Å². The number of urea groups is 1. The van der Waals surface area contributed by atoms with Crippen molar-refractivity contribution in [2.24, 2.45) is 0 Å². The summed E-state index contributed by atoms with van der Waals surface area (Å²) in [5.41, 5.74) is 1.56. The normalized spacial score (nSPS) is 17.5. The molecule has 0 spiro atoms. The zero-order chi connectivity index (χ0) is 18.5. The molecule has 1 aliphatic rings. The number of rotatable bonds is 4. The van der Waals surface area contributed by atoms with Crippen molar-refractivity contribution in [2.75, 3.05) is 6.54 Å². The maximum atomic E-state index is 12.8. The highest BCUT2D eigenvalue weighted by molar-refractivity contribution is 7.13. The number of thiazole rings is 1. The van der Waals surface area contributed by atoms with Crippen LogP contribution in [0.4, 0.5) is 4.79 Å². The highest BCUT2D eigenvalue weighted by Crippen LogP contribution is 2.30. The summed E-state index contributed by atoms with van der Waals surface area (Å²) in [6.45, 7) is 1.12. The van der Waals surface area contributed by atoms with Crippen molar-refractivity contribution in [3.8, 4) is 10.7 Å². The first-order valence-corrected chi connectivity index (χ1v) is 9.98. The second-order valence-electron chi connectivity index (χ2n) is 6.47. The van der Waals surface area contributed by atoms with Crippen LogP contribution < -0.4 is 5.32 Å². The lowest BCUT2D eigenvalue weighted by atomic mass is 10.1. The van der Waals surface area contributed by atoms with Crippen LogP contribution in [0, 0.1) is 0 Å². The van der Waals surface area contributed by atoms with Crippen LogP contribution in [-0.4, -0.2) is 32.4 Å². The zero-order valence-corrected chi connectivity index (χ0v) is 15.7. The van der Waals surface area contributed by atoms with Crippen molar-refractivity contribution in [3.63, 3.8) is 0 Å². The molecule has 0 aliphatic carbocycles. The van der Waals surface area contributed by atoms with E-state index in [4.69, 9.17) is 4.42 Å². The Morgan fingerprint density at radius 3 is 3.11 bits per heavy atom. The van der Waals surface area contributed by atoms with Gasteiger partial charge in [-0.15, -0.1) is 11.3 Å². The van der Waals surface area contributed by atoms with Gasteiger partial charge in [-0.2, -0.15) is 0 Å². The minimum absolute atomic E-state index is 0.00640. The lowest BCUT2D eigenvalue weighted by Crippen LogP contribution is -2.41. The molecule has 140 valence electrons. The number of nitrogens with one attached hydrogen (secondary N) is 1. The van der Waals surface area contributed by atoms with Crippen LogP contribution in [0.25, 0.3) is 10.7 Å². The van der Waals surface area contributed by atoms with E-state index in [0.717, 1.165) is 54.4 Å².